The molecule has 0 aliphatic carbocycles. The van der Waals surface area contributed by atoms with Gasteiger partial charge in [-0.1, -0.05) is 18.2 Å². The van der Waals surface area contributed by atoms with Crippen LogP contribution in [0.25, 0.3) is 11.0 Å². The van der Waals surface area contributed by atoms with Gasteiger partial charge in [0.2, 0.25) is 0 Å². The molecular weight excluding hydrogens is 308 g/mol. The summed E-state index contributed by atoms with van der Waals surface area (Å²) >= 11 is 0. The lowest BCUT2D eigenvalue weighted by Crippen LogP contribution is -2.02. The molecule has 1 aromatic heterocycles. The first kappa shape index (κ1) is 15.9. The number of aromatic hydroxyl groups is 1. The van der Waals surface area contributed by atoms with E-state index in [0.29, 0.717) is 29.9 Å². The molecule has 24 heavy (non-hydrogen) atoms. The summed E-state index contributed by atoms with van der Waals surface area (Å²) in [7, 11) is 0. The molecule has 2 aromatic carbocycles. The summed E-state index contributed by atoms with van der Waals surface area (Å²) in [6.07, 6.45) is 1.72. The van der Waals surface area contributed by atoms with Gasteiger partial charge in [-0.3, -0.25) is 0 Å². The molecule has 0 aliphatic rings. The first-order chi connectivity index (χ1) is 11.7. The minimum atomic E-state index is -0.588. The van der Waals surface area contributed by atoms with Crippen LogP contribution in [0.5, 0.6) is 17.2 Å². The molecule has 3 rings (SSSR count). The molecule has 0 saturated carbocycles. The molecule has 0 fully saturated rings. The number of benzene rings is 2. The average Bonchev–Trinajstić information content (AvgIpc) is 2.58. The Balaban J connectivity index is 1.47. The maximum absolute atomic E-state index is 11.3. The van der Waals surface area contributed by atoms with Gasteiger partial charge in [0.15, 0.2) is 0 Å². The molecule has 0 amide bonds. The van der Waals surface area contributed by atoms with Crippen LogP contribution in [0.2, 0.25) is 0 Å². The van der Waals surface area contributed by atoms with E-state index in [9.17, 15) is 9.90 Å². The third kappa shape index (κ3) is 4.07. The van der Waals surface area contributed by atoms with E-state index in [1.54, 1.807) is 18.2 Å². The lowest BCUT2D eigenvalue weighted by Gasteiger charge is -2.08. The van der Waals surface area contributed by atoms with Crippen molar-refractivity contribution in [2.24, 2.45) is 0 Å². The highest BCUT2D eigenvalue weighted by Crippen LogP contribution is 2.26. The fourth-order valence-corrected chi connectivity index (χ4v) is 2.32. The van der Waals surface area contributed by atoms with Crippen molar-refractivity contribution in [3.63, 3.8) is 0 Å². The Morgan fingerprint density at radius 1 is 0.875 bits per heavy atom. The number of para-hydroxylation sites is 1. The zero-order valence-electron chi connectivity index (χ0n) is 13.1. The molecule has 1 heterocycles. The van der Waals surface area contributed by atoms with Crippen LogP contribution >= 0.6 is 0 Å². The largest absolute Gasteiger partial charge is 0.507 e. The van der Waals surface area contributed by atoms with Crippen LogP contribution < -0.4 is 15.1 Å². The molecule has 3 aromatic rings. The van der Waals surface area contributed by atoms with Crippen LogP contribution in [0.1, 0.15) is 12.8 Å². The van der Waals surface area contributed by atoms with Crippen LogP contribution in [0, 0.1) is 0 Å². The van der Waals surface area contributed by atoms with E-state index in [0.717, 1.165) is 24.7 Å². The highest BCUT2D eigenvalue weighted by molar-refractivity contribution is 5.83. The predicted octanol–water partition coefficient (Wildman–Crippen LogP) is 3.74. The second-order valence-corrected chi connectivity index (χ2v) is 5.33. The van der Waals surface area contributed by atoms with E-state index < -0.39 is 5.63 Å². The quantitative estimate of drug-likeness (QED) is 0.529. The second kappa shape index (κ2) is 7.55. The lowest BCUT2D eigenvalue weighted by atomic mass is 10.2. The molecule has 0 saturated heterocycles. The third-order valence-electron chi connectivity index (χ3n) is 3.51. The normalized spacial score (nSPS) is 10.7. The van der Waals surface area contributed by atoms with Gasteiger partial charge >= 0.3 is 5.63 Å². The van der Waals surface area contributed by atoms with Crippen molar-refractivity contribution < 1.29 is 19.0 Å². The van der Waals surface area contributed by atoms with Gasteiger partial charge < -0.3 is 19.0 Å². The van der Waals surface area contributed by atoms with Gasteiger partial charge in [0.25, 0.3) is 0 Å². The Bertz CT molecular complexity index is 855. The highest BCUT2D eigenvalue weighted by atomic mass is 16.5. The minimum Gasteiger partial charge on any atom is -0.507 e. The second-order valence-electron chi connectivity index (χ2n) is 5.33. The van der Waals surface area contributed by atoms with Crippen molar-refractivity contribution in [2.75, 3.05) is 13.2 Å². The van der Waals surface area contributed by atoms with Gasteiger partial charge in [-0.15, -0.1) is 0 Å². The first-order valence-corrected chi connectivity index (χ1v) is 7.80. The molecule has 0 atom stereocenters. The monoisotopic (exact) mass is 326 g/mol. The van der Waals surface area contributed by atoms with Crippen molar-refractivity contribution in [2.45, 2.75) is 12.8 Å². The first-order valence-electron chi connectivity index (χ1n) is 7.80. The SMILES string of the molecule is O=c1cc(O)c2ccc(OCCCCOc3ccccc3)cc2o1. The van der Waals surface area contributed by atoms with Crippen LogP contribution in [-0.2, 0) is 0 Å². The highest BCUT2D eigenvalue weighted by Gasteiger charge is 2.05. The summed E-state index contributed by atoms with van der Waals surface area (Å²) in [6, 6.07) is 15.7. The Hall–Kier alpha value is -2.95. The van der Waals surface area contributed by atoms with Crippen LogP contribution in [0.3, 0.4) is 0 Å². The van der Waals surface area contributed by atoms with Crippen molar-refractivity contribution in [3.05, 3.63) is 65.0 Å². The van der Waals surface area contributed by atoms with Crippen molar-refractivity contribution in [1.29, 1.82) is 0 Å². The molecule has 0 radical (unpaired) electrons. The zero-order valence-corrected chi connectivity index (χ0v) is 13.1. The summed E-state index contributed by atoms with van der Waals surface area (Å²) in [6.45, 7) is 1.17. The third-order valence-corrected chi connectivity index (χ3v) is 3.51. The Morgan fingerprint density at radius 3 is 2.33 bits per heavy atom. The van der Waals surface area contributed by atoms with Crippen molar-refractivity contribution in [1.82, 2.24) is 0 Å². The summed E-state index contributed by atoms with van der Waals surface area (Å²) in [5.74, 6) is 1.37. The van der Waals surface area contributed by atoms with E-state index in [2.05, 4.69) is 0 Å². The number of ether oxygens (including phenoxy) is 2. The zero-order chi connectivity index (χ0) is 16.8. The maximum atomic E-state index is 11.3. The van der Waals surface area contributed by atoms with E-state index >= 15 is 0 Å². The number of fused-ring (bicyclic) bond motifs is 1. The van der Waals surface area contributed by atoms with Gasteiger partial charge in [0, 0.05) is 6.07 Å². The lowest BCUT2D eigenvalue weighted by molar-refractivity contribution is 0.266. The minimum absolute atomic E-state index is 0.0918. The van der Waals surface area contributed by atoms with Crippen molar-refractivity contribution in [3.8, 4) is 17.2 Å². The Labute approximate surface area is 139 Å². The Morgan fingerprint density at radius 2 is 1.58 bits per heavy atom. The van der Waals surface area contributed by atoms with Gasteiger partial charge in [-0.25, -0.2) is 4.79 Å². The van der Waals surface area contributed by atoms with E-state index in [4.69, 9.17) is 13.9 Å². The average molecular weight is 326 g/mol. The molecule has 124 valence electrons. The smallest absolute Gasteiger partial charge is 0.339 e. The van der Waals surface area contributed by atoms with E-state index in [1.807, 2.05) is 30.3 Å². The van der Waals surface area contributed by atoms with Crippen molar-refractivity contribution >= 4 is 11.0 Å². The maximum Gasteiger partial charge on any atom is 0.339 e. The molecule has 0 spiro atoms. The van der Waals surface area contributed by atoms with E-state index in [1.165, 1.54) is 0 Å². The summed E-state index contributed by atoms with van der Waals surface area (Å²) in [4.78, 5) is 11.3. The van der Waals surface area contributed by atoms with Gasteiger partial charge in [-0.2, -0.15) is 0 Å². The summed E-state index contributed by atoms with van der Waals surface area (Å²) < 4.78 is 16.3. The Kier molecular flexibility index (Phi) is 5.01. The summed E-state index contributed by atoms with van der Waals surface area (Å²) in [5, 5.41) is 10.2. The summed E-state index contributed by atoms with van der Waals surface area (Å²) in [5.41, 5.74) is -0.278. The fourth-order valence-electron chi connectivity index (χ4n) is 2.32. The topological polar surface area (TPSA) is 68.9 Å². The molecule has 0 bridgehead atoms. The molecule has 1 N–H and O–H groups in total. The van der Waals surface area contributed by atoms with Gasteiger partial charge in [-0.05, 0) is 37.1 Å². The molecule has 5 nitrogen and oxygen atoms in total. The van der Waals surface area contributed by atoms with Crippen LogP contribution in [0.15, 0.2) is 63.8 Å². The molecule has 5 heteroatoms. The standard InChI is InChI=1S/C19H18O5/c20-17-13-19(21)24-18-12-15(8-9-16(17)18)23-11-5-4-10-22-14-6-2-1-3-7-14/h1-3,6-9,12-13,20H,4-5,10-11H2. The number of hydrogen-bond acceptors (Lipinski definition) is 5. The van der Waals surface area contributed by atoms with Gasteiger partial charge in [0.1, 0.15) is 22.8 Å². The molecular formula is C19H18O5. The molecule has 0 unspecified atom stereocenters. The number of rotatable bonds is 7. The number of hydrogen-bond donors (Lipinski definition) is 1. The van der Waals surface area contributed by atoms with E-state index in [-0.39, 0.29) is 5.75 Å². The fraction of sp³-hybridized carbons (Fsp3) is 0.211. The predicted molar refractivity (Wildman–Crippen MR) is 90.8 cm³/mol. The van der Waals surface area contributed by atoms with Crippen LogP contribution in [0.4, 0.5) is 0 Å². The molecule has 0 aliphatic heterocycles. The number of unbranched alkanes of at least 4 members (excludes halogenated alkanes) is 1. The van der Waals surface area contributed by atoms with Gasteiger partial charge in [0.05, 0.1) is 24.7 Å². The van der Waals surface area contributed by atoms with Crippen LogP contribution in [-0.4, -0.2) is 18.3 Å².